The lowest BCUT2D eigenvalue weighted by molar-refractivity contribution is -0.141. The molecule has 33 heavy (non-hydrogen) atoms. The highest BCUT2D eigenvalue weighted by Gasteiger charge is 2.39. The van der Waals surface area contributed by atoms with Gasteiger partial charge in [-0.15, -0.1) is 0 Å². The Kier molecular flexibility index (Phi) is 6.07. The van der Waals surface area contributed by atoms with Crippen LogP contribution in [0.1, 0.15) is 54.6 Å². The first kappa shape index (κ1) is 22.6. The van der Waals surface area contributed by atoms with Gasteiger partial charge >= 0.3 is 0 Å². The van der Waals surface area contributed by atoms with Crippen molar-refractivity contribution in [2.24, 2.45) is 5.73 Å². The summed E-state index contributed by atoms with van der Waals surface area (Å²) in [6.45, 7) is 8.86. The molecular weight excluding hydrogens is 418 g/mol. The standard InChI is InChI=1S/C26H35N3O4/c1-16-5-7-28-22(9-16)20-13-29-8-6-17-10-25(31-14-18-15-32-26(2,3)33-18)24(30-4)11-19(17)23(29)12-21(20)27/h5,7,9-11,18,20-21,23H,6,8,12-15,27H2,1-4H3/t18-,20+,21+,23+/m0/s1. The van der Waals surface area contributed by atoms with Gasteiger partial charge in [0.25, 0.3) is 0 Å². The van der Waals surface area contributed by atoms with Gasteiger partial charge in [0.05, 0.1) is 13.7 Å². The first-order chi connectivity index (χ1) is 15.8. The van der Waals surface area contributed by atoms with Crippen LogP contribution in [0.15, 0.2) is 30.5 Å². The summed E-state index contributed by atoms with van der Waals surface area (Å²) in [7, 11) is 1.69. The summed E-state index contributed by atoms with van der Waals surface area (Å²) in [5, 5.41) is 0. The fourth-order valence-corrected chi connectivity index (χ4v) is 5.44. The zero-order valence-electron chi connectivity index (χ0n) is 20.0. The summed E-state index contributed by atoms with van der Waals surface area (Å²) in [4.78, 5) is 7.20. The van der Waals surface area contributed by atoms with Crippen molar-refractivity contribution >= 4 is 0 Å². The van der Waals surface area contributed by atoms with Crippen molar-refractivity contribution in [3.63, 3.8) is 0 Å². The van der Waals surface area contributed by atoms with Crippen LogP contribution < -0.4 is 15.2 Å². The molecule has 4 heterocycles. The maximum absolute atomic E-state index is 6.72. The lowest BCUT2D eigenvalue weighted by Crippen LogP contribution is -2.50. The van der Waals surface area contributed by atoms with Crippen molar-refractivity contribution in [1.29, 1.82) is 0 Å². The number of ether oxygens (including phenoxy) is 4. The Morgan fingerprint density at radius 3 is 2.82 bits per heavy atom. The predicted octanol–water partition coefficient (Wildman–Crippen LogP) is 3.34. The topological polar surface area (TPSA) is 79.1 Å². The highest BCUT2D eigenvalue weighted by atomic mass is 16.7. The number of rotatable bonds is 5. The van der Waals surface area contributed by atoms with E-state index in [9.17, 15) is 0 Å². The summed E-state index contributed by atoms with van der Waals surface area (Å²) in [5.74, 6) is 1.22. The summed E-state index contributed by atoms with van der Waals surface area (Å²) in [6.07, 6.45) is 3.69. The number of fused-ring (bicyclic) bond motifs is 3. The maximum atomic E-state index is 6.72. The number of hydrogen-bond acceptors (Lipinski definition) is 7. The molecule has 2 N–H and O–H groups in total. The Balaban J connectivity index is 1.33. The molecule has 0 radical (unpaired) electrons. The van der Waals surface area contributed by atoms with Gasteiger partial charge in [0, 0.05) is 43.0 Å². The second-order valence-corrected chi connectivity index (χ2v) is 9.99. The Labute approximate surface area is 196 Å². The summed E-state index contributed by atoms with van der Waals surface area (Å²) < 4.78 is 23.4. The molecule has 0 bridgehead atoms. The van der Waals surface area contributed by atoms with Crippen molar-refractivity contribution < 1.29 is 18.9 Å². The van der Waals surface area contributed by atoms with Crippen LogP contribution in [0.4, 0.5) is 0 Å². The number of methoxy groups -OCH3 is 1. The average molecular weight is 454 g/mol. The van der Waals surface area contributed by atoms with E-state index in [4.69, 9.17) is 24.7 Å². The fraction of sp³-hybridized carbons (Fsp3) is 0.577. The van der Waals surface area contributed by atoms with Crippen molar-refractivity contribution in [2.75, 3.05) is 33.4 Å². The van der Waals surface area contributed by atoms with Crippen LogP contribution in [-0.2, 0) is 15.9 Å². The van der Waals surface area contributed by atoms with Crippen LogP contribution in [0.3, 0.4) is 0 Å². The molecule has 2 saturated heterocycles. The third-order valence-electron chi connectivity index (χ3n) is 7.15. The van der Waals surface area contributed by atoms with E-state index >= 15 is 0 Å². The van der Waals surface area contributed by atoms with Crippen LogP contribution in [0.2, 0.25) is 0 Å². The molecule has 0 unspecified atom stereocenters. The van der Waals surface area contributed by atoms with Gasteiger partial charge in [-0.2, -0.15) is 0 Å². The number of aryl methyl sites for hydroxylation is 1. The summed E-state index contributed by atoms with van der Waals surface area (Å²) in [5.41, 5.74) is 11.7. The molecule has 0 saturated carbocycles. The first-order valence-electron chi connectivity index (χ1n) is 11.9. The molecule has 7 nitrogen and oxygen atoms in total. The van der Waals surface area contributed by atoms with Crippen molar-refractivity contribution in [3.05, 3.63) is 52.8 Å². The van der Waals surface area contributed by atoms with Crippen molar-refractivity contribution in [3.8, 4) is 11.5 Å². The highest BCUT2D eigenvalue weighted by molar-refractivity contribution is 5.50. The van der Waals surface area contributed by atoms with Gasteiger partial charge in [0.2, 0.25) is 0 Å². The van der Waals surface area contributed by atoms with E-state index in [-0.39, 0.29) is 18.1 Å². The number of hydrogen-bond donors (Lipinski definition) is 1. The molecule has 2 fully saturated rings. The largest absolute Gasteiger partial charge is 0.493 e. The Bertz CT molecular complexity index is 1010. The zero-order chi connectivity index (χ0) is 23.2. The highest BCUT2D eigenvalue weighted by Crippen LogP contribution is 2.44. The van der Waals surface area contributed by atoms with E-state index in [2.05, 4.69) is 35.0 Å². The van der Waals surface area contributed by atoms with Crippen molar-refractivity contribution in [1.82, 2.24) is 9.88 Å². The van der Waals surface area contributed by atoms with Gasteiger partial charge in [-0.25, -0.2) is 0 Å². The third-order valence-corrected chi connectivity index (χ3v) is 7.15. The molecular formula is C26H35N3O4. The molecule has 4 atom stereocenters. The zero-order valence-corrected chi connectivity index (χ0v) is 20.0. The molecule has 0 spiro atoms. The number of aromatic nitrogens is 1. The van der Waals surface area contributed by atoms with Crippen molar-refractivity contribution in [2.45, 2.75) is 63.5 Å². The molecule has 0 aliphatic carbocycles. The fourth-order valence-electron chi connectivity index (χ4n) is 5.44. The second-order valence-electron chi connectivity index (χ2n) is 9.99. The minimum absolute atomic E-state index is 0.0660. The smallest absolute Gasteiger partial charge is 0.163 e. The van der Waals surface area contributed by atoms with Gasteiger partial charge in [-0.05, 0) is 74.6 Å². The Morgan fingerprint density at radius 1 is 1.24 bits per heavy atom. The Morgan fingerprint density at radius 2 is 2.09 bits per heavy atom. The van der Waals surface area contributed by atoms with Gasteiger partial charge in [0.1, 0.15) is 12.7 Å². The molecule has 2 aromatic rings. The monoisotopic (exact) mass is 453 g/mol. The van der Waals surface area contributed by atoms with E-state index in [0.29, 0.717) is 19.3 Å². The normalized spacial score (nSPS) is 28.8. The molecule has 3 aliphatic heterocycles. The molecule has 1 aromatic heterocycles. The van der Waals surface area contributed by atoms with Crippen LogP contribution in [0, 0.1) is 6.92 Å². The van der Waals surface area contributed by atoms with Crippen LogP contribution in [-0.4, -0.2) is 61.2 Å². The maximum Gasteiger partial charge on any atom is 0.163 e. The number of pyridine rings is 1. The van der Waals surface area contributed by atoms with Gasteiger partial charge < -0.3 is 24.7 Å². The molecule has 7 heteroatoms. The molecule has 178 valence electrons. The quantitative estimate of drug-likeness (QED) is 0.744. The van der Waals surface area contributed by atoms with Crippen LogP contribution in [0.5, 0.6) is 11.5 Å². The molecule has 0 amide bonds. The SMILES string of the molecule is COc1cc2c(cc1OC[C@H]1COC(C)(C)O1)CCN1C[C@@H](c3cc(C)ccn3)[C@H](N)C[C@H]21. The van der Waals surface area contributed by atoms with Gasteiger partial charge in [0.15, 0.2) is 17.3 Å². The third kappa shape index (κ3) is 4.60. The average Bonchev–Trinajstić information content (AvgIpc) is 3.15. The predicted molar refractivity (Wildman–Crippen MR) is 126 cm³/mol. The van der Waals surface area contributed by atoms with E-state index in [1.54, 1.807) is 7.11 Å². The lowest BCUT2D eigenvalue weighted by Gasteiger charge is -2.46. The lowest BCUT2D eigenvalue weighted by atomic mass is 9.79. The summed E-state index contributed by atoms with van der Waals surface area (Å²) in [6, 6.07) is 8.87. The molecule has 5 rings (SSSR count). The number of benzene rings is 1. The van der Waals surface area contributed by atoms with Gasteiger partial charge in [-0.1, -0.05) is 0 Å². The van der Waals surface area contributed by atoms with Gasteiger partial charge in [-0.3, -0.25) is 9.88 Å². The Hall–Kier alpha value is -2.19. The second kappa shape index (κ2) is 8.87. The number of piperidine rings is 1. The minimum Gasteiger partial charge on any atom is -0.493 e. The van der Waals surface area contributed by atoms with E-state index in [1.807, 2.05) is 26.1 Å². The minimum atomic E-state index is -0.553. The summed E-state index contributed by atoms with van der Waals surface area (Å²) >= 11 is 0. The van der Waals surface area contributed by atoms with E-state index in [0.717, 1.165) is 43.1 Å². The molecule has 1 aromatic carbocycles. The number of nitrogens with two attached hydrogens (primary N) is 1. The van der Waals surface area contributed by atoms with Crippen LogP contribution >= 0.6 is 0 Å². The molecule has 3 aliphatic rings. The first-order valence-corrected chi connectivity index (χ1v) is 11.9. The van der Waals surface area contributed by atoms with E-state index in [1.165, 1.54) is 16.7 Å². The van der Waals surface area contributed by atoms with E-state index < -0.39 is 5.79 Å². The number of nitrogens with zero attached hydrogens (tertiary/aromatic N) is 2. The van der Waals surface area contributed by atoms with Crippen LogP contribution in [0.25, 0.3) is 0 Å².